The fourth-order valence-electron chi connectivity index (χ4n) is 0.938. The van der Waals surface area contributed by atoms with Crippen molar-refractivity contribution in [1.82, 2.24) is 0 Å². The molecule has 1 atom stereocenters. The number of carbonyl (C=O) groups excluding carboxylic acids is 1. The van der Waals surface area contributed by atoms with Crippen molar-refractivity contribution in [3.8, 4) is 0 Å². The molecule has 0 aromatic heterocycles. The van der Waals surface area contributed by atoms with Crippen LogP contribution in [0.4, 0.5) is 0 Å². The third-order valence-corrected chi connectivity index (χ3v) is 2.48. The highest BCUT2D eigenvalue weighted by Gasteiger charge is 2.11. The Bertz CT molecular complexity index is 301. The first kappa shape index (κ1) is 16.1. The second kappa shape index (κ2) is 9.19. The van der Waals surface area contributed by atoms with Crippen molar-refractivity contribution in [2.24, 2.45) is 0 Å². The van der Waals surface area contributed by atoms with Gasteiger partial charge in [0.2, 0.25) is 0 Å². The lowest BCUT2D eigenvalue weighted by Gasteiger charge is -2.04. The van der Waals surface area contributed by atoms with Gasteiger partial charge in [0.05, 0.1) is 6.61 Å². The quantitative estimate of drug-likeness (QED) is 0.873. The number of aryl methyl sites for hydroxylation is 1. The van der Waals surface area contributed by atoms with Crippen molar-refractivity contribution in [3.05, 3.63) is 34.3 Å². The van der Waals surface area contributed by atoms with E-state index >= 15 is 0 Å². The van der Waals surface area contributed by atoms with E-state index in [1.165, 1.54) is 5.56 Å². The molecule has 17 heavy (non-hydrogen) atoms. The summed E-state index contributed by atoms with van der Waals surface area (Å²) >= 11 is 3.35. The van der Waals surface area contributed by atoms with E-state index < -0.39 is 12.1 Å². The predicted octanol–water partition coefficient (Wildman–Crippen LogP) is 3.08. The minimum absolute atomic E-state index is 0.329. The molecule has 96 valence electrons. The van der Waals surface area contributed by atoms with Crippen LogP contribution in [-0.4, -0.2) is 23.8 Å². The molecule has 0 saturated heterocycles. The molecule has 0 saturated carbocycles. The van der Waals surface area contributed by atoms with Crippen molar-refractivity contribution in [1.29, 1.82) is 0 Å². The fourth-order valence-corrected chi connectivity index (χ4v) is 1.20. The number of esters is 1. The zero-order chi connectivity index (χ0) is 13.3. The maximum absolute atomic E-state index is 10.5. The van der Waals surface area contributed by atoms with Crippen LogP contribution in [0.2, 0.25) is 0 Å². The summed E-state index contributed by atoms with van der Waals surface area (Å²) in [5.41, 5.74) is 1.30. The molecular formula is C13H19BrO3. The van der Waals surface area contributed by atoms with Crippen LogP contribution < -0.4 is 0 Å². The summed E-state index contributed by atoms with van der Waals surface area (Å²) in [5.74, 6) is -0.528. The van der Waals surface area contributed by atoms with Crippen molar-refractivity contribution < 1.29 is 14.6 Å². The van der Waals surface area contributed by atoms with Gasteiger partial charge in [-0.15, -0.1) is 0 Å². The number of rotatable bonds is 3. The first-order valence-electron chi connectivity index (χ1n) is 5.58. The molecule has 1 aromatic rings. The number of aliphatic hydroxyl groups is 1. The van der Waals surface area contributed by atoms with Gasteiger partial charge in [0.1, 0.15) is 0 Å². The van der Waals surface area contributed by atoms with Crippen LogP contribution in [-0.2, 0) is 9.53 Å². The van der Waals surface area contributed by atoms with Gasteiger partial charge in [-0.05, 0) is 32.4 Å². The molecule has 3 nitrogen and oxygen atoms in total. The Morgan fingerprint density at radius 3 is 2.24 bits per heavy atom. The molecule has 0 radical (unpaired) electrons. The van der Waals surface area contributed by atoms with Gasteiger partial charge in [0, 0.05) is 4.47 Å². The monoisotopic (exact) mass is 302 g/mol. The van der Waals surface area contributed by atoms with Gasteiger partial charge in [0.15, 0.2) is 6.10 Å². The van der Waals surface area contributed by atoms with Crippen LogP contribution in [0.25, 0.3) is 0 Å². The van der Waals surface area contributed by atoms with E-state index in [0.29, 0.717) is 13.0 Å². The maximum atomic E-state index is 10.5. The zero-order valence-corrected chi connectivity index (χ0v) is 12.0. The van der Waals surface area contributed by atoms with Gasteiger partial charge in [-0.2, -0.15) is 0 Å². The van der Waals surface area contributed by atoms with Crippen LogP contribution in [0.1, 0.15) is 25.8 Å². The number of aliphatic hydroxyl groups excluding tert-OH is 1. The highest BCUT2D eigenvalue weighted by molar-refractivity contribution is 9.10. The maximum Gasteiger partial charge on any atom is 0.334 e. The van der Waals surface area contributed by atoms with Crippen LogP contribution in [0.5, 0.6) is 0 Å². The molecule has 0 spiro atoms. The first-order chi connectivity index (χ1) is 8.01. The lowest BCUT2D eigenvalue weighted by molar-refractivity contribution is -0.153. The Labute approximate surface area is 111 Å². The summed E-state index contributed by atoms with van der Waals surface area (Å²) in [6.07, 6.45) is -0.524. The molecule has 4 heteroatoms. The van der Waals surface area contributed by atoms with Crippen LogP contribution in [0, 0.1) is 6.92 Å². The Kier molecular flexibility index (Phi) is 8.72. The molecule has 0 bridgehead atoms. The first-order valence-corrected chi connectivity index (χ1v) is 6.37. The number of benzene rings is 1. The summed E-state index contributed by atoms with van der Waals surface area (Å²) in [6, 6.07) is 8.22. The number of hydrogen-bond acceptors (Lipinski definition) is 3. The molecule has 1 aromatic carbocycles. The van der Waals surface area contributed by atoms with Gasteiger partial charge in [-0.25, -0.2) is 4.79 Å². The molecule has 0 heterocycles. The second-order valence-corrected chi connectivity index (χ2v) is 4.39. The Balaban J connectivity index is 0.000000302. The molecule has 1 unspecified atom stereocenters. The van der Waals surface area contributed by atoms with Crippen LogP contribution >= 0.6 is 15.9 Å². The van der Waals surface area contributed by atoms with E-state index in [-0.39, 0.29) is 0 Å². The number of carbonyl (C=O) groups is 1. The number of halogens is 1. The van der Waals surface area contributed by atoms with Gasteiger partial charge in [-0.1, -0.05) is 40.5 Å². The van der Waals surface area contributed by atoms with Crippen molar-refractivity contribution in [2.45, 2.75) is 33.3 Å². The van der Waals surface area contributed by atoms with Crippen LogP contribution in [0.15, 0.2) is 28.7 Å². The fraction of sp³-hybridized carbons (Fsp3) is 0.462. The number of ether oxygens (including phenoxy) is 1. The minimum atomic E-state index is -0.940. The molecule has 0 aliphatic carbocycles. The van der Waals surface area contributed by atoms with E-state index in [2.05, 4.69) is 39.7 Å². The lowest BCUT2D eigenvalue weighted by Crippen LogP contribution is -2.21. The largest absolute Gasteiger partial charge is 0.464 e. The van der Waals surface area contributed by atoms with E-state index in [1.54, 1.807) is 13.8 Å². The summed E-state index contributed by atoms with van der Waals surface area (Å²) in [5, 5.41) is 8.78. The third kappa shape index (κ3) is 7.94. The van der Waals surface area contributed by atoms with Crippen molar-refractivity contribution in [3.63, 3.8) is 0 Å². The molecule has 0 amide bonds. The third-order valence-electron chi connectivity index (χ3n) is 1.96. The summed E-state index contributed by atoms with van der Waals surface area (Å²) < 4.78 is 5.65. The van der Waals surface area contributed by atoms with E-state index in [0.717, 1.165) is 4.47 Å². The topological polar surface area (TPSA) is 46.5 Å². The van der Waals surface area contributed by atoms with Gasteiger partial charge < -0.3 is 9.84 Å². The Morgan fingerprint density at radius 2 is 1.88 bits per heavy atom. The predicted molar refractivity (Wildman–Crippen MR) is 71.8 cm³/mol. The average Bonchev–Trinajstić information content (AvgIpc) is 2.33. The van der Waals surface area contributed by atoms with Gasteiger partial charge >= 0.3 is 5.97 Å². The minimum Gasteiger partial charge on any atom is -0.464 e. The molecule has 0 fully saturated rings. The molecule has 1 N–H and O–H groups in total. The SMILES string of the molecule is CCOC(=O)C(O)CC.Cc1ccc(Br)cc1. The Hall–Kier alpha value is -0.870. The smallest absolute Gasteiger partial charge is 0.334 e. The van der Waals surface area contributed by atoms with E-state index in [4.69, 9.17) is 5.11 Å². The molecular weight excluding hydrogens is 284 g/mol. The van der Waals surface area contributed by atoms with Gasteiger partial charge in [0.25, 0.3) is 0 Å². The number of hydrogen-bond donors (Lipinski definition) is 1. The van der Waals surface area contributed by atoms with Crippen molar-refractivity contribution >= 4 is 21.9 Å². The molecule has 0 aliphatic rings. The van der Waals surface area contributed by atoms with E-state index in [1.807, 2.05) is 12.1 Å². The van der Waals surface area contributed by atoms with Crippen molar-refractivity contribution in [2.75, 3.05) is 6.61 Å². The lowest BCUT2D eigenvalue weighted by atomic mass is 10.2. The molecule has 1 rings (SSSR count). The summed E-state index contributed by atoms with van der Waals surface area (Å²) in [4.78, 5) is 10.5. The highest BCUT2D eigenvalue weighted by atomic mass is 79.9. The normalized spacial score (nSPS) is 11.1. The van der Waals surface area contributed by atoms with Crippen LogP contribution in [0.3, 0.4) is 0 Å². The highest BCUT2D eigenvalue weighted by Crippen LogP contribution is 2.08. The zero-order valence-electron chi connectivity index (χ0n) is 10.4. The van der Waals surface area contributed by atoms with E-state index in [9.17, 15) is 4.79 Å². The van der Waals surface area contributed by atoms with Gasteiger partial charge in [-0.3, -0.25) is 0 Å². The standard InChI is InChI=1S/C7H7Br.C6H12O3/c1-6-2-4-7(8)5-3-6;1-3-5(7)6(8)9-4-2/h2-5H,1H3;5,7H,3-4H2,1-2H3. The average molecular weight is 303 g/mol. The summed E-state index contributed by atoms with van der Waals surface area (Å²) in [6.45, 7) is 5.84. The second-order valence-electron chi connectivity index (χ2n) is 3.47. The molecule has 0 aliphatic heterocycles. The summed E-state index contributed by atoms with van der Waals surface area (Å²) in [7, 11) is 0. The Morgan fingerprint density at radius 1 is 1.35 bits per heavy atom.